The zero-order chi connectivity index (χ0) is 61.7. The number of nitrogens with zero attached hydrogens (tertiary/aromatic N) is 2. The van der Waals surface area contributed by atoms with Gasteiger partial charge in [0.2, 0.25) is 35.4 Å². The van der Waals surface area contributed by atoms with Crippen LogP contribution in [0.1, 0.15) is 89.1 Å². The Hall–Kier alpha value is -7.51. The van der Waals surface area contributed by atoms with Gasteiger partial charge in [-0.05, 0) is 90.4 Å². The van der Waals surface area contributed by atoms with E-state index in [-0.39, 0.29) is 37.1 Å². The fourth-order valence-electron chi connectivity index (χ4n) is 10.3. The Morgan fingerprint density at radius 1 is 0.694 bits per heavy atom. The zero-order valence-corrected chi connectivity index (χ0v) is 49.1. The molecule has 23 heteroatoms. The standard InChI is InChI=1S/C62H85N9O14/c1-6-9-10-29-85-47-25-21-43(22-26-47)41-15-13-40(14-16-41)42-17-19-44(20-18-42)57(78)65-34-52(76)68-53(38(5)72)62(83)70-36-46(74)33-49(70)58(79)69-54(50(75)32-39-11-23-45(73)24-12-39)59(80)66-48(7-2)61(82)71-35-37(4)56(77)55(71)60(81)67-51(8-3)64-28-31-84-30-27-63/h11-26,37-38,46,48-51,53-56,64,72-75,77H,6-10,27-36,63H2,1-5H3,(H,65,78)(H,66,80)(H,67,81)(H,68,76)(H,69,79)/t37-,38+,46+,48?,49?,50+,51?,53?,54?,55?,56-/m0/s1. The number of aliphatic hydroxyl groups excluding tert-OH is 4. The molecule has 462 valence electrons. The van der Waals surface area contributed by atoms with Gasteiger partial charge in [-0.1, -0.05) is 101 Å². The van der Waals surface area contributed by atoms with Crippen LogP contribution in [0.4, 0.5) is 0 Å². The molecule has 13 N–H and O–H groups in total. The number of carbonyl (C=O) groups excluding carboxylic acids is 7. The monoisotopic (exact) mass is 1180 g/mol. The lowest BCUT2D eigenvalue weighted by Crippen LogP contribution is -2.62. The van der Waals surface area contributed by atoms with Crippen LogP contribution in [0.5, 0.6) is 11.5 Å². The first kappa shape index (κ1) is 66.6. The second-order valence-corrected chi connectivity index (χ2v) is 21.7. The highest BCUT2D eigenvalue weighted by atomic mass is 16.5. The van der Waals surface area contributed by atoms with E-state index < -0.39 is 121 Å². The van der Waals surface area contributed by atoms with Crippen molar-refractivity contribution < 1.29 is 68.6 Å². The quantitative estimate of drug-likeness (QED) is 0.0251. The van der Waals surface area contributed by atoms with Gasteiger partial charge in [-0.25, -0.2) is 0 Å². The summed E-state index contributed by atoms with van der Waals surface area (Å²) in [6.07, 6.45) is -3.26. The molecule has 7 amide bonds. The maximum Gasteiger partial charge on any atom is 0.251 e. The van der Waals surface area contributed by atoms with Crippen LogP contribution in [0.15, 0.2) is 97.1 Å². The second-order valence-electron chi connectivity index (χ2n) is 21.7. The summed E-state index contributed by atoms with van der Waals surface area (Å²) in [5.41, 5.74) is 9.99. The maximum atomic E-state index is 14.4. The van der Waals surface area contributed by atoms with Crippen molar-refractivity contribution in [2.75, 3.05) is 52.5 Å². The molecule has 2 fully saturated rings. The van der Waals surface area contributed by atoms with E-state index in [1.54, 1.807) is 38.1 Å². The highest BCUT2D eigenvalue weighted by Gasteiger charge is 2.48. The van der Waals surface area contributed by atoms with E-state index in [0.29, 0.717) is 44.9 Å². The van der Waals surface area contributed by atoms with Crippen LogP contribution in [-0.2, 0) is 39.9 Å². The van der Waals surface area contributed by atoms with Gasteiger partial charge in [-0.2, -0.15) is 0 Å². The molecule has 0 saturated carbocycles. The summed E-state index contributed by atoms with van der Waals surface area (Å²) in [5.74, 6) is -5.62. The van der Waals surface area contributed by atoms with Gasteiger partial charge >= 0.3 is 0 Å². The number of hydrogen-bond donors (Lipinski definition) is 12. The number of phenolic OH excluding ortho intramolecular Hbond substituents is 1. The summed E-state index contributed by atoms with van der Waals surface area (Å²) < 4.78 is 11.2. The first-order valence-electron chi connectivity index (χ1n) is 29.3. The SMILES string of the molecule is CCCCCOc1ccc(-c2ccc(-c3ccc(C(=O)NCC(=O)NC(C(=O)N4C[C@H](O)CC4C(=O)NC(C(=O)NC(CC)C(=O)N4C[C@H](C)[C@H](O)C4C(=O)NC(CC)NCCOCCN)[C@H](O)Cc4ccc(O)cc4)[C@@H](C)O)cc3)cc2)cc1. The highest BCUT2D eigenvalue weighted by molar-refractivity contribution is 5.99. The van der Waals surface area contributed by atoms with Crippen molar-refractivity contribution in [3.63, 3.8) is 0 Å². The molecule has 2 heterocycles. The number of rotatable bonds is 31. The molecule has 11 atom stereocenters. The lowest BCUT2D eigenvalue weighted by molar-refractivity contribution is -0.145. The van der Waals surface area contributed by atoms with Crippen LogP contribution in [0, 0.1) is 5.92 Å². The topological polar surface area (TPSA) is 344 Å². The molecular formula is C62H85N9O14. The molecule has 0 aliphatic carbocycles. The summed E-state index contributed by atoms with van der Waals surface area (Å²) in [6, 6.07) is 20.7. The largest absolute Gasteiger partial charge is 0.508 e. The van der Waals surface area contributed by atoms with Crippen molar-refractivity contribution in [1.82, 2.24) is 41.7 Å². The minimum atomic E-state index is -1.82. The first-order chi connectivity index (χ1) is 40.8. The lowest BCUT2D eigenvalue weighted by Gasteiger charge is -2.33. The number of likely N-dealkylation sites (tertiary alicyclic amines) is 2. The minimum Gasteiger partial charge on any atom is -0.508 e. The van der Waals surface area contributed by atoms with E-state index in [9.17, 15) is 59.1 Å². The van der Waals surface area contributed by atoms with Gasteiger partial charge in [0.15, 0.2) is 0 Å². The molecule has 6 rings (SSSR count). The summed E-state index contributed by atoms with van der Waals surface area (Å²) in [4.78, 5) is 99.9. The summed E-state index contributed by atoms with van der Waals surface area (Å²) in [6.45, 7) is 9.51. The number of benzene rings is 4. The van der Waals surface area contributed by atoms with Crippen molar-refractivity contribution in [3.05, 3.63) is 108 Å². The molecule has 6 unspecified atom stereocenters. The predicted octanol–water partition coefficient (Wildman–Crippen LogP) is 1.46. The van der Waals surface area contributed by atoms with Gasteiger partial charge in [-0.15, -0.1) is 0 Å². The zero-order valence-electron chi connectivity index (χ0n) is 49.1. The van der Waals surface area contributed by atoms with Gasteiger partial charge in [0.05, 0.1) is 56.9 Å². The van der Waals surface area contributed by atoms with Gasteiger partial charge < -0.3 is 77.1 Å². The summed E-state index contributed by atoms with van der Waals surface area (Å²) in [5, 5.41) is 70.7. The number of ether oxygens (including phenoxy) is 2. The van der Waals surface area contributed by atoms with Gasteiger partial charge in [0.1, 0.15) is 41.7 Å². The van der Waals surface area contributed by atoms with Crippen LogP contribution in [0.25, 0.3) is 22.3 Å². The number of aromatic hydroxyl groups is 1. The third-order valence-electron chi connectivity index (χ3n) is 15.2. The minimum absolute atomic E-state index is 0.0278. The normalized spacial score (nSPS) is 19.6. The fourth-order valence-corrected chi connectivity index (χ4v) is 10.3. The van der Waals surface area contributed by atoms with E-state index in [2.05, 4.69) is 38.8 Å². The van der Waals surface area contributed by atoms with Crippen molar-refractivity contribution >= 4 is 41.4 Å². The number of unbranched alkanes of at least 4 members (excludes halogenated alkanes) is 2. The van der Waals surface area contributed by atoms with Gasteiger partial charge in [0.25, 0.3) is 5.91 Å². The van der Waals surface area contributed by atoms with Crippen molar-refractivity contribution in [1.29, 1.82) is 0 Å². The number of aliphatic hydroxyl groups is 4. The van der Waals surface area contributed by atoms with Crippen LogP contribution < -0.4 is 42.4 Å². The van der Waals surface area contributed by atoms with E-state index in [1.807, 2.05) is 55.5 Å². The number of amides is 7. The van der Waals surface area contributed by atoms with Crippen LogP contribution in [-0.4, -0.2) is 190 Å². The molecule has 0 aromatic heterocycles. The molecule has 2 aliphatic heterocycles. The van der Waals surface area contributed by atoms with Crippen molar-refractivity contribution in [3.8, 4) is 33.8 Å². The molecule has 2 saturated heterocycles. The Kier molecular flexibility index (Phi) is 25.6. The molecule has 4 aromatic rings. The maximum absolute atomic E-state index is 14.4. The van der Waals surface area contributed by atoms with Gasteiger partial charge in [-0.3, -0.25) is 38.9 Å². The summed E-state index contributed by atoms with van der Waals surface area (Å²) in [7, 11) is 0. The average molecular weight is 1180 g/mol. The smallest absolute Gasteiger partial charge is 0.251 e. The van der Waals surface area contributed by atoms with E-state index >= 15 is 0 Å². The van der Waals surface area contributed by atoms with E-state index in [0.717, 1.165) is 52.2 Å². The number of β-amino-alcohol motifs (C(OH)–C–C–N with tert-alkyl or cyclic N) is 1. The third kappa shape index (κ3) is 18.7. The molecule has 0 spiro atoms. The van der Waals surface area contributed by atoms with Gasteiger partial charge in [0, 0.05) is 50.5 Å². The highest BCUT2D eigenvalue weighted by Crippen LogP contribution is 2.29. The number of hydrogen-bond acceptors (Lipinski definition) is 16. The third-order valence-corrected chi connectivity index (χ3v) is 15.2. The molecule has 0 bridgehead atoms. The number of phenols is 1. The average Bonchev–Trinajstić information content (AvgIpc) is 3.44. The predicted molar refractivity (Wildman–Crippen MR) is 317 cm³/mol. The molecular weight excluding hydrogens is 1090 g/mol. The molecule has 4 aromatic carbocycles. The Labute approximate surface area is 496 Å². The molecule has 85 heavy (non-hydrogen) atoms. The first-order valence-corrected chi connectivity index (χ1v) is 29.3. The van der Waals surface area contributed by atoms with Crippen LogP contribution >= 0.6 is 0 Å². The lowest BCUT2D eigenvalue weighted by atomic mass is 9.99. The molecule has 0 radical (unpaired) electrons. The van der Waals surface area contributed by atoms with Crippen molar-refractivity contribution in [2.45, 2.75) is 140 Å². The van der Waals surface area contributed by atoms with Crippen LogP contribution in [0.2, 0.25) is 0 Å². The number of carbonyl (C=O) groups is 7. The Morgan fingerprint density at radius 3 is 1.91 bits per heavy atom. The van der Waals surface area contributed by atoms with Crippen LogP contribution in [0.3, 0.4) is 0 Å². The number of nitrogens with two attached hydrogens (primary N) is 1. The van der Waals surface area contributed by atoms with Crippen molar-refractivity contribution in [2.24, 2.45) is 11.7 Å². The Bertz CT molecular complexity index is 2820. The van der Waals surface area contributed by atoms with E-state index in [4.69, 9.17) is 15.2 Å². The Morgan fingerprint density at radius 2 is 1.32 bits per heavy atom. The van der Waals surface area contributed by atoms with E-state index in [1.165, 1.54) is 36.1 Å². The molecule has 23 nitrogen and oxygen atoms in total. The second kappa shape index (κ2) is 32.7. The Balaban J connectivity index is 1.08. The fraction of sp³-hybridized carbons (Fsp3) is 0.500. The number of nitrogens with one attached hydrogen (secondary N) is 6. The summed E-state index contributed by atoms with van der Waals surface area (Å²) >= 11 is 0. The molecule has 2 aliphatic rings.